The van der Waals surface area contributed by atoms with E-state index in [2.05, 4.69) is 34.7 Å². The minimum Gasteiger partial charge on any atom is -0.508 e. The molecule has 1 aliphatic rings. The number of aromatic hydroxyl groups is 1. The van der Waals surface area contributed by atoms with Gasteiger partial charge in [0.2, 0.25) is 0 Å². The Bertz CT molecular complexity index is 843. The molecule has 24 heavy (non-hydrogen) atoms. The molecule has 1 unspecified atom stereocenters. The second-order valence-electron chi connectivity index (χ2n) is 6.17. The molecule has 3 heterocycles. The van der Waals surface area contributed by atoms with Crippen LogP contribution in [-0.4, -0.2) is 35.8 Å². The third-order valence-corrected chi connectivity index (χ3v) is 5.55. The standard InChI is InChI=1S/C19H21N3OS/c1-2-14-12-20-8-9-22(14)19-16-7-10-24-18(16)11-17(21-19)13-3-5-15(23)6-4-13/h3-7,10-11,14,20,23H,2,8-9,12H2,1H3. The van der Waals surface area contributed by atoms with Crippen LogP contribution in [0.3, 0.4) is 0 Å². The number of anilines is 1. The second kappa shape index (κ2) is 6.42. The fourth-order valence-electron chi connectivity index (χ4n) is 3.35. The first kappa shape index (κ1) is 15.4. The Kier molecular flexibility index (Phi) is 4.12. The lowest BCUT2D eigenvalue weighted by Gasteiger charge is -2.37. The van der Waals surface area contributed by atoms with Crippen LogP contribution >= 0.6 is 11.3 Å². The highest BCUT2D eigenvalue weighted by atomic mass is 32.1. The van der Waals surface area contributed by atoms with Gasteiger partial charge in [0, 0.05) is 41.3 Å². The fraction of sp³-hybridized carbons (Fsp3) is 0.316. The van der Waals surface area contributed by atoms with Crippen LogP contribution in [-0.2, 0) is 0 Å². The number of rotatable bonds is 3. The molecule has 0 spiro atoms. The van der Waals surface area contributed by atoms with Gasteiger partial charge in [0.1, 0.15) is 11.6 Å². The summed E-state index contributed by atoms with van der Waals surface area (Å²) in [6.07, 6.45) is 1.10. The molecule has 124 valence electrons. The minimum absolute atomic E-state index is 0.282. The maximum absolute atomic E-state index is 9.53. The highest BCUT2D eigenvalue weighted by molar-refractivity contribution is 7.17. The van der Waals surface area contributed by atoms with Crippen LogP contribution < -0.4 is 10.2 Å². The summed E-state index contributed by atoms with van der Waals surface area (Å²) in [5, 5.41) is 16.4. The molecule has 5 heteroatoms. The minimum atomic E-state index is 0.282. The van der Waals surface area contributed by atoms with Gasteiger partial charge in [0.05, 0.1) is 5.69 Å². The van der Waals surface area contributed by atoms with Crippen molar-refractivity contribution in [3.63, 3.8) is 0 Å². The molecule has 1 fully saturated rings. The number of benzene rings is 1. The van der Waals surface area contributed by atoms with E-state index in [0.29, 0.717) is 6.04 Å². The van der Waals surface area contributed by atoms with Gasteiger partial charge in [0.15, 0.2) is 0 Å². The van der Waals surface area contributed by atoms with Crippen molar-refractivity contribution >= 4 is 27.2 Å². The van der Waals surface area contributed by atoms with Crippen molar-refractivity contribution in [2.45, 2.75) is 19.4 Å². The van der Waals surface area contributed by atoms with E-state index in [1.54, 1.807) is 23.5 Å². The molecule has 0 saturated carbocycles. The number of phenolic OH excluding ortho intramolecular Hbond substituents is 1. The van der Waals surface area contributed by atoms with Crippen molar-refractivity contribution in [2.24, 2.45) is 0 Å². The molecule has 2 N–H and O–H groups in total. The molecular formula is C19H21N3OS. The molecule has 4 rings (SSSR count). The fourth-order valence-corrected chi connectivity index (χ4v) is 4.17. The predicted octanol–water partition coefficient (Wildman–Crippen LogP) is 3.86. The molecule has 2 aromatic heterocycles. The van der Waals surface area contributed by atoms with Crippen LogP contribution in [0.5, 0.6) is 5.75 Å². The van der Waals surface area contributed by atoms with Gasteiger partial charge in [0.25, 0.3) is 0 Å². The molecule has 0 bridgehead atoms. The highest BCUT2D eigenvalue weighted by Crippen LogP contribution is 2.35. The first-order valence-corrected chi connectivity index (χ1v) is 9.29. The predicted molar refractivity (Wildman–Crippen MR) is 101 cm³/mol. The van der Waals surface area contributed by atoms with Gasteiger partial charge < -0.3 is 15.3 Å². The van der Waals surface area contributed by atoms with E-state index in [9.17, 15) is 5.11 Å². The van der Waals surface area contributed by atoms with Crippen LogP contribution in [0.1, 0.15) is 13.3 Å². The maximum Gasteiger partial charge on any atom is 0.138 e. The Hall–Kier alpha value is -2.11. The molecule has 0 aliphatic carbocycles. The molecule has 0 radical (unpaired) electrons. The average Bonchev–Trinajstić information content (AvgIpc) is 3.10. The van der Waals surface area contributed by atoms with Crippen LogP contribution in [0, 0.1) is 0 Å². The van der Waals surface area contributed by atoms with E-state index >= 15 is 0 Å². The number of aromatic nitrogens is 1. The van der Waals surface area contributed by atoms with E-state index in [4.69, 9.17) is 4.98 Å². The summed E-state index contributed by atoms with van der Waals surface area (Å²) >= 11 is 1.75. The van der Waals surface area contributed by atoms with Crippen LogP contribution in [0.15, 0.2) is 41.8 Å². The monoisotopic (exact) mass is 339 g/mol. The van der Waals surface area contributed by atoms with Crippen molar-refractivity contribution < 1.29 is 5.11 Å². The smallest absolute Gasteiger partial charge is 0.138 e. The van der Waals surface area contributed by atoms with Crippen molar-refractivity contribution in [2.75, 3.05) is 24.5 Å². The number of piperazine rings is 1. The molecule has 4 nitrogen and oxygen atoms in total. The van der Waals surface area contributed by atoms with Gasteiger partial charge in [-0.05, 0) is 48.2 Å². The summed E-state index contributed by atoms with van der Waals surface area (Å²) in [5.74, 6) is 1.37. The summed E-state index contributed by atoms with van der Waals surface area (Å²) in [4.78, 5) is 7.47. The average molecular weight is 339 g/mol. The van der Waals surface area contributed by atoms with Crippen LogP contribution in [0.2, 0.25) is 0 Å². The summed E-state index contributed by atoms with van der Waals surface area (Å²) in [6, 6.07) is 12.1. The van der Waals surface area contributed by atoms with E-state index in [0.717, 1.165) is 43.1 Å². The Morgan fingerprint density at radius 2 is 2.12 bits per heavy atom. The first-order chi connectivity index (χ1) is 11.8. The van der Waals surface area contributed by atoms with Crippen LogP contribution in [0.4, 0.5) is 5.82 Å². The SMILES string of the molecule is CCC1CNCCN1c1nc(-c2ccc(O)cc2)cc2sccc12. The zero-order chi connectivity index (χ0) is 16.5. The Morgan fingerprint density at radius 1 is 1.29 bits per heavy atom. The quantitative estimate of drug-likeness (QED) is 0.761. The van der Waals surface area contributed by atoms with E-state index < -0.39 is 0 Å². The van der Waals surface area contributed by atoms with Crippen molar-refractivity contribution in [3.8, 4) is 17.0 Å². The molecule has 1 aliphatic heterocycles. The number of nitrogens with zero attached hydrogens (tertiary/aromatic N) is 2. The molecule has 1 aromatic carbocycles. The lowest BCUT2D eigenvalue weighted by atomic mass is 10.1. The van der Waals surface area contributed by atoms with Gasteiger partial charge in [-0.3, -0.25) is 0 Å². The third-order valence-electron chi connectivity index (χ3n) is 4.69. The summed E-state index contributed by atoms with van der Waals surface area (Å²) in [5.41, 5.74) is 2.00. The number of thiophene rings is 1. The van der Waals surface area contributed by atoms with Gasteiger partial charge in [-0.25, -0.2) is 4.98 Å². The Morgan fingerprint density at radius 3 is 2.92 bits per heavy atom. The number of hydrogen-bond donors (Lipinski definition) is 2. The van der Waals surface area contributed by atoms with Gasteiger partial charge >= 0.3 is 0 Å². The number of phenols is 1. The number of nitrogens with one attached hydrogen (secondary N) is 1. The van der Waals surface area contributed by atoms with E-state index in [-0.39, 0.29) is 5.75 Å². The highest BCUT2D eigenvalue weighted by Gasteiger charge is 2.24. The summed E-state index contributed by atoms with van der Waals surface area (Å²) in [6.45, 7) is 5.22. The van der Waals surface area contributed by atoms with Gasteiger partial charge in [-0.1, -0.05) is 6.92 Å². The third kappa shape index (κ3) is 2.74. The zero-order valence-corrected chi connectivity index (χ0v) is 14.5. The van der Waals surface area contributed by atoms with Gasteiger partial charge in [-0.2, -0.15) is 0 Å². The largest absolute Gasteiger partial charge is 0.508 e. The van der Waals surface area contributed by atoms with Gasteiger partial charge in [-0.15, -0.1) is 11.3 Å². The Labute approximate surface area is 145 Å². The number of pyridine rings is 1. The summed E-state index contributed by atoms with van der Waals surface area (Å²) in [7, 11) is 0. The maximum atomic E-state index is 9.53. The summed E-state index contributed by atoms with van der Waals surface area (Å²) < 4.78 is 1.26. The molecular weight excluding hydrogens is 318 g/mol. The number of fused-ring (bicyclic) bond motifs is 1. The van der Waals surface area contributed by atoms with E-state index in [1.165, 1.54) is 10.1 Å². The first-order valence-electron chi connectivity index (χ1n) is 8.41. The lowest BCUT2D eigenvalue weighted by Crippen LogP contribution is -2.51. The molecule has 3 aromatic rings. The van der Waals surface area contributed by atoms with Crippen molar-refractivity contribution in [1.82, 2.24) is 10.3 Å². The number of hydrogen-bond acceptors (Lipinski definition) is 5. The normalized spacial score (nSPS) is 18.2. The van der Waals surface area contributed by atoms with Crippen LogP contribution in [0.25, 0.3) is 21.3 Å². The molecule has 1 atom stereocenters. The lowest BCUT2D eigenvalue weighted by molar-refractivity contribution is 0.464. The van der Waals surface area contributed by atoms with Crippen molar-refractivity contribution in [3.05, 3.63) is 41.8 Å². The topological polar surface area (TPSA) is 48.4 Å². The molecule has 0 amide bonds. The Balaban J connectivity index is 1.84. The van der Waals surface area contributed by atoms with Crippen molar-refractivity contribution in [1.29, 1.82) is 0 Å². The van der Waals surface area contributed by atoms with E-state index in [1.807, 2.05) is 12.1 Å². The zero-order valence-electron chi connectivity index (χ0n) is 13.7. The molecule has 1 saturated heterocycles. The second-order valence-corrected chi connectivity index (χ2v) is 7.12.